The Morgan fingerprint density at radius 1 is 1.33 bits per heavy atom. The van der Waals surface area contributed by atoms with Gasteiger partial charge in [-0.1, -0.05) is 11.6 Å². The lowest BCUT2D eigenvalue weighted by Gasteiger charge is -2.34. The van der Waals surface area contributed by atoms with Crippen LogP contribution in [0.25, 0.3) is 0 Å². The standard InChI is InChI=1S/C14H18ClFN2O3/c15-12-9-11(16)1-2-13(12)21-10-14(20)18-5-3-17(4-6-18)7-8-19/h1-2,9,19H,3-8,10H2. The van der Waals surface area contributed by atoms with Crippen molar-refractivity contribution in [3.63, 3.8) is 0 Å². The molecule has 0 aliphatic carbocycles. The van der Waals surface area contributed by atoms with Gasteiger partial charge in [-0.15, -0.1) is 0 Å². The van der Waals surface area contributed by atoms with Gasteiger partial charge in [0.25, 0.3) is 5.91 Å². The molecule has 2 rings (SSSR count). The molecule has 0 bridgehead atoms. The summed E-state index contributed by atoms with van der Waals surface area (Å²) < 4.78 is 18.2. The minimum Gasteiger partial charge on any atom is -0.482 e. The highest BCUT2D eigenvalue weighted by atomic mass is 35.5. The zero-order valence-corrected chi connectivity index (χ0v) is 12.4. The maximum atomic E-state index is 12.9. The van der Waals surface area contributed by atoms with Crippen LogP contribution in [0.2, 0.25) is 5.02 Å². The highest BCUT2D eigenvalue weighted by Crippen LogP contribution is 2.24. The number of carbonyl (C=O) groups excluding carboxylic acids is 1. The molecule has 116 valence electrons. The van der Waals surface area contributed by atoms with E-state index in [1.54, 1.807) is 4.90 Å². The highest BCUT2D eigenvalue weighted by Gasteiger charge is 2.21. The van der Waals surface area contributed by atoms with Crippen molar-refractivity contribution in [3.05, 3.63) is 29.0 Å². The van der Waals surface area contributed by atoms with Crippen molar-refractivity contribution in [3.8, 4) is 5.75 Å². The van der Waals surface area contributed by atoms with Crippen LogP contribution in [0.3, 0.4) is 0 Å². The minimum atomic E-state index is -0.446. The molecule has 1 fully saturated rings. The van der Waals surface area contributed by atoms with Crippen molar-refractivity contribution >= 4 is 17.5 Å². The molecule has 0 atom stereocenters. The third kappa shape index (κ3) is 4.56. The summed E-state index contributed by atoms with van der Waals surface area (Å²) in [5.41, 5.74) is 0. The number of rotatable bonds is 5. The Morgan fingerprint density at radius 2 is 2.05 bits per heavy atom. The number of β-amino-alcohol motifs (C(OH)–C–C–N with tert-alkyl or cyclic N) is 1. The van der Waals surface area contributed by atoms with E-state index < -0.39 is 5.82 Å². The molecule has 1 heterocycles. The largest absolute Gasteiger partial charge is 0.482 e. The van der Waals surface area contributed by atoms with Crippen molar-refractivity contribution in [2.24, 2.45) is 0 Å². The van der Waals surface area contributed by atoms with Crippen LogP contribution in [0.4, 0.5) is 4.39 Å². The summed E-state index contributed by atoms with van der Waals surface area (Å²) in [7, 11) is 0. The Balaban J connectivity index is 1.80. The first-order valence-electron chi connectivity index (χ1n) is 6.79. The normalized spacial score (nSPS) is 16.0. The fraction of sp³-hybridized carbons (Fsp3) is 0.500. The zero-order chi connectivity index (χ0) is 15.2. The number of aliphatic hydroxyl groups is 1. The van der Waals surface area contributed by atoms with Gasteiger partial charge < -0.3 is 14.7 Å². The highest BCUT2D eigenvalue weighted by molar-refractivity contribution is 6.32. The maximum absolute atomic E-state index is 12.9. The Hall–Kier alpha value is -1.37. The Morgan fingerprint density at radius 3 is 2.67 bits per heavy atom. The molecule has 5 nitrogen and oxygen atoms in total. The molecule has 1 aliphatic heterocycles. The van der Waals surface area contributed by atoms with E-state index in [0.29, 0.717) is 25.4 Å². The van der Waals surface area contributed by atoms with Gasteiger partial charge in [-0.3, -0.25) is 9.69 Å². The topological polar surface area (TPSA) is 53.0 Å². The van der Waals surface area contributed by atoms with Gasteiger partial charge in [0, 0.05) is 32.7 Å². The van der Waals surface area contributed by atoms with E-state index in [-0.39, 0.29) is 24.1 Å². The molecule has 1 aromatic rings. The van der Waals surface area contributed by atoms with E-state index in [1.807, 2.05) is 0 Å². The molecule has 7 heteroatoms. The van der Waals surface area contributed by atoms with Gasteiger partial charge in [0.2, 0.25) is 0 Å². The van der Waals surface area contributed by atoms with Gasteiger partial charge in [-0.25, -0.2) is 4.39 Å². The van der Waals surface area contributed by atoms with Crippen LogP contribution >= 0.6 is 11.6 Å². The second kappa shape index (κ2) is 7.59. The minimum absolute atomic E-state index is 0.120. The molecule has 1 amide bonds. The predicted octanol–water partition coefficient (Wildman–Crippen LogP) is 0.994. The van der Waals surface area contributed by atoms with Crippen LogP contribution in [0.15, 0.2) is 18.2 Å². The third-order valence-corrected chi connectivity index (χ3v) is 3.68. The van der Waals surface area contributed by atoms with Gasteiger partial charge in [0.05, 0.1) is 11.6 Å². The van der Waals surface area contributed by atoms with Crippen LogP contribution < -0.4 is 4.74 Å². The number of ether oxygens (including phenoxy) is 1. The summed E-state index contributed by atoms with van der Waals surface area (Å²) in [4.78, 5) is 15.8. The number of benzene rings is 1. The van der Waals surface area contributed by atoms with Gasteiger partial charge >= 0.3 is 0 Å². The van der Waals surface area contributed by atoms with Crippen LogP contribution in [0, 0.1) is 5.82 Å². The van der Waals surface area contributed by atoms with E-state index in [9.17, 15) is 9.18 Å². The quantitative estimate of drug-likeness (QED) is 0.880. The number of halogens is 2. The van der Waals surface area contributed by atoms with Crippen LogP contribution in [0.1, 0.15) is 0 Å². The molecular formula is C14H18ClFN2O3. The average Bonchev–Trinajstić information content (AvgIpc) is 2.47. The summed E-state index contributed by atoms with van der Waals surface area (Å²) in [5, 5.41) is 9.02. The monoisotopic (exact) mass is 316 g/mol. The molecule has 1 saturated heterocycles. The number of piperazine rings is 1. The van der Waals surface area contributed by atoms with Gasteiger partial charge in [-0.2, -0.15) is 0 Å². The number of hydrogen-bond acceptors (Lipinski definition) is 4. The maximum Gasteiger partial charge on any atom is 0.260 e. The second-order valence-electron chi connectivity index (χ2n) is 4.81. The first-order chi connectivity index (χ1) is 10.1. The number of hydrogen-bond donors (Lipinski definition) is 1. The molecule has 0 aromatic heterocycles. The Kier molecular flexibility index (Phi) is 5.78. The summed E-state index contributed by atoms with van der Waals surface area (Å²) in [6.45, 7) is 3.33. The predicted molar refractivity (Wildman–Crippen MR) is 77.0 cm³/mol. The van der Waals surface area contributed by atoms with E-state index in [1.165, 1.54) is 12.1 Å². The molecular weight excluding hydrogens is 299 g/mol. The van der Waals surface area contributed by atoms with Crippen LogP contribution in [-0.2, 0) is 4.79 Å². The van der Waals surface area contributed by atoms with Crippen molar-refractivity contribution in [2.45, 2.75) is 0 Å². The molecule has 0 unspecified atom stereocenters. The van der Waals surface area contributed by atoms with E-state index in [4.69, 9.17) is 21.4 Å². The number of aliphatic hydroxyl groups excluding tert-OH is 1. The lowest BCUT2D eigenvalue weighted by Crippen LogP contribution is -2.50. The second-order valence-corrected chi connectivity index (χ2v) is 5.22. The van der Waals surface area contributed by atoms with E-state index in [0.717, 1.165) is 19.2 Å². The van der Waals surface area contributed by atoms with Crippen molar-refractivity contribution in [1.29, 1.82) is 0 Å². The van der Waals surface area contributed by atoms with E-state index in [2.05, 4.69) is 4.90 Å². The Bertz CT molecular complexity index is 493. The van der Waals surface area contributed by atoms with Crippen LogP contribution in [0.5, 0.6) is 5.75 Å². The lowest BCUT2D eigenvalue weighted by atomic mass is 10.3. The SMILES string of the molecule is O=C(COc1ccc(F)cc1Cl)N1CCN(CCO)CC1. The molecule has 0 spiro atoms. The smallest absolute Gasteiger partial charge is 0.260 e. The third-order valence-electron chi connectivity index (χ3n) is 3.39. The number of carbonyl (C=O) groups is 1. The van der Waals surface area contributed by atoms with Gasteiger partial charge in [-0.05, 0) is 18.2 Å². The molecule has 1 N–H and O–H groups in total. The summed E-state index contributed by atoms with van der Waals surface area (Å²) in [6.07, 6.45) is 0. The van der Waals surface area contributed by atoms with Crippen LogP contribution in [-0.4, -0.2) is 66.8 Å². The average molecular weight is 317 g/mol. The van der Waals surface area contributed by atoms with Crippen molar-refractivity contribution in [1.82, 2.24) is 9.80 Å². The van der Waals surface area contributed by atoms with Crippen molar-refractivity contribution < 1.29 is 19.0 Å². The molecule has 1 aliphatic rings. The number of amides is 1. The summed E-state index contributed by atoms with van der Waals surface area (Å²) in [5.74, 6) is -0.275. The molecule has 0 saturated carbocycles. The fourth-order valence-corrected chi connectivity index (χ4v) is 2.41. The first-order valence-corrected chi connectivity index (χ1v) is 7.17. The lowest BCUT2D eigenvalue weighted by molar-refractivity contribution is -0.135. The van der Waals surface area contributed by atoms with Gasteiger partial charge in [0.1, 0.15) is 11.6 Å². The summed E-state index contributed by atoms with van der Waals surface area (Å²) in [6, 6.07) is 3.79. The molecule has 21 heavy (non-hydrogen) atoms. The molecule has 0 radical (unpaired) electrons. The number of nitrogens with zero attached hydrogens (tertiary/aromatic N) is 2. The van der Waals surface area contributed by atoms with Gasteiger partial charge in [0.15, 0.2) is 6.61 Å². The fourth-order valence-electron chi connectivity index (χ4n) is 2.19. The van der Waals surface area contributed by atoms with E-state index >= 15 is 0 Å². The summed E-state index contributed by atoms with van der Waals surface area (Å²) >= 11 is 5.83. The van der Waals surface area contributed by atoms with Crippen molar-refractivity contribution in [2.75, 3.05) is 45.9 Å². The Labute approximate surface area is 127 Å². The molecule has 1 aromatic carbocycles. The zero-order valence-electron chi connectivity index (χ0n) is 11.6. The first kappa shape index (κ1) is 16.0.